The molecular formula is C15H13F4NS. The smallest absolute Gasteiger partial charge is 0.380 e. The predicted octanol–water partition coefficient (Wildman–Crippen LogP) is 5.36. The molecule has 0 aliphatic rings. The zero-order valence-electron chi connectivity index (χ0n) is 11.2. The van der Waals surface area contributed by atoms with Crippen molar-refractivity contribution in [3.05, 3.63) is 59.4 Å². The molecular weight excluding hydrogens is 302 g/mol. The number of halogens is 4. The van der Waals surface area contributed by atoms with Crippen molar-refractivity contribution in [1.82, 2.24) is 0 Å². The van der Waals surface area contributed by atoms with Gasteiger partial charge in [0.1, 0.15) is 5.82 Å². The van der Waals surface area contributed by atoms with Gasteiger partial charge in [-0.3, -0.25) is 0 Å². The first-order valence-electron chi connectivity index (χ1n) is 6.19. The Morgan fingerprint density at radius 3 is 2.52 bits per heavy atom. The van der Waals surface area contributed by atoms with E-state index in [1.807, 2.05) is 6.92 Å². The highest BCUT2D eigenvalue weighted by Crippen LogP contribution is 2.40. The summed E-state index contributed by atoms with van der Waals surface area (Å²) in [5, 5.41) is 2.93. The molecule has 0 radical (unpaired) electrons. The molecule has 0 saturated carbocycles. The molecule has 2 rings (SSSR count). The van der Waals surface area contributed by atoms with Crippen molar-refractivity contribution in [2.45, 2.75) is 23.9 Å². The van der Waals surface area contributed by atoms with E-state index in [1.165, 1.54) is 18.2 Å². The Labute approximate surface area is 124 Å². The fourth-order valence-corrected chi connectivity index (χ4v) is 2.49. The quantitative estimate of drug-likeness (QED) is 0.602. The van der Waals surface area contributed by atoms with E-state index < -0.39 is 5.51 Å². The van der Waals surface area contributed by atoms with Gasteiger partial charge in [-0.05, 0) is 54.1 Å². The molecule has 21 heavy (non-hydrogen) atoms. The fourth-order valence-electron chi connectivity index (χ4n) is 1.85. The van der Waals surface area contributed by atoms with E-state index in [0.717, 1.165) is 5.56 Å². The largest absolute Gasteiger partial charge is 0.446 e. The monoisotopic (exact) mass is 315 g/mol. The number of aryl methyl sites for hydroxylation is 1. The highest BCUT2D eigenvalue weighted by atomic mass is 32.2. The zero-order chi connectivity index (χ0) is 15.5. The molecule has 2 aromatic rings. The summed E-state index contributed by atoms with van der Waals surface area (Å²) in [6.45, 7) is 2.09. The Kier molecular flexibility index (Phi) is 4.77. The predicted molar refractivity (Wildman–Crippen MR) is 76.8 cm³/mol. The number of hydrogen-bond acceptors (Lipinski definition) is 2. The van der Waals surface area contributed by atoms with Crippen LogP contribution in [0.4, 0.5) is 23.2 Å². The average molecular weight is 315 g/mol. The third kappa shape index (κ3) is 4.67. The van der Waals surface area contributed by atoms with Crippen LogP contribution in [0.3, 0.4) is 0 Å². The fraction of sp³-hybridized carbons (Fsp3) is 0.200. The van der Waals surface area contributed by atoms with Crippen LogP contribution in [-0.2, 0) is 6.54 Å². The summed E-state index contributed by atoms with van der Waals surface area (Å²) in [7, 11) is 0. The van der Waals surface area contributed by atoms with Gasteiger partial charge in [-0.15, -0.1) is 0 Å². The summed E-state index contributed by atoms with van der Waals surface area (Å²) >= 11 is -0.167. The first kappa shape index (κ1) is 15.7. The number of rotatable bonds is 4. The Morgan fingerprint density at radius 1 is 1.10 bits per heavy atom. The summed E-state index contributed by atoms with van der Waals surface area (Å²) in [5.41, 5.74) is -2.37. The lowest BCUT2D eigenvalue weighted by atomic mass is 10.1. The van der Waals surface area contributed by atoms with Gasteiger partial charge in [0, 0.05) is 17.1 Å². The number of anilines is 1. The van der Waals surface area contributed by atoms with Crippen LogP contribution in [0, 0.1) is 12.7 Å². The molecule has 0 atom stereocenters. The highest BCUT2D eigenvalue weighted by molar-refractivity contribution is 8.00. The highest BCUT2D eigenvalue weighted by Gasteiger charge is 2.30. The average Bonchev–Trinajstić information content (AvgIpc) is 2.39. The van der Waals surface area contributed by atoms with Crippen LogP contribution >= 0.6 is 11.8 Å². The van der Waals surface area contributed by atoms with Gasteiger partial charge in [0.05, 0.1) is 0 Å². The minimum absolute atomic E-state index is 0.0963. The molecule has 0 aliphatic carbocycles. The van der Waals surface area contributed by atoms with Crippen LogP contribution in [0.25, 0.3) is 0 Å². The summed E-state index contributed by atoms with van der Waals surface area (Å²) in [4.78, 5) is 0.0963. The van der Waals surface area contributed by atoms with E-state index in [0.29, 0.717) is 11.3 Å². The van der Waals surface area contributed by atoms with Crippen LogP contribution in [0.2, 0.25) is 0 Å². The SMILES string of the molecule is Cc1ccc(F)cc1CNc1ccccc1SC(F)(F)F. The Bertz CT molecular complexity index is 625. The van der Waals surface area contributed by atoms with Crippen LogP contribution in [-0.4, -0.2) is 5.51 Å². The van der Waals surface area contributed by atoms with E-state index in [4.69, 9.17) is 0 Å². The lowest BCUT2D eigenvalue weighted by Gasteiger charge is -2.14. The van der Waals surface area contributed by atoms with Gasteiger partial charge in [0.15, 0.2) is 0 Å². The van der Waals surface area contributed by atoms with Crippen molar-refractivity contribution >= 4 is 17.4 Å². The summed E-state index contributed by atoms with van der Waals surface area (Å²) in [6.07, 6.45) is 0. The maximum Gasteiger partial charge on any atom is 0.446 e. The molecule has 6 heteroatoms. The van der Waals surface area contributed by atoms with Crippen molar-refractivity contribution in [2.75, 3.05) is 5.32 Å². The maximum atomic E-state index is 13.2. The van der Waals surface area contributed by atoms with E-state index in [9.17, 15) is 17.6 Å². The van der Waals surface area contributed by atoms with Crippen LogP contribution < -0.4 is 5.32 Å². The summed E-state index contributed by atoms with van der Waals surface area (Å²) in [6, 6.07) is 10.5. The van der Waals surface area contributed by atoms with E-state index in [2.05, 4.69) is 5.32 Å². The number of hydrogen-bond donors (Lipinski definition) is 1. The maximum absolute atomic E-state index is 13.2. The van der Waals surface area contributed by atoms with E-state index in [-0.39, 0.29) is 29.0 Å². The minimum atomic E-state index is -4.34. The van der Waals surface area contributed by atoms with Crippen molar-refractivity contribution in [3.8, 4) is 0 Å². The molecule has 0 bridgehead atoms. The van der Waals surface area contributed by atoms with Gasteiger partial charge >= 0.3 is 5.51 Å². The molecule has 0 aromatic heterocycles. The van der Waals surface area contributed by atoms with Crippen molar-refractivity contribution in [1.29, 1.82) is 0 Å². The van der Waals surface area contributed by atoms with Crippen molar-refractivity contribution in [2.24, 2.45) is 0 Å². The second-order valence-electron chi connectivity index (χ2n) is 4.47. The third-order valence-electron chi connectivity index (χ3n) is 2.89. The van der Waals surface area contributed by atoms with Gasteiger partial charge in [-0.2, -0.15) is 13.2 Å². The molecule has 1 nitrogen and oxygen atoms in total. The number of para-hydroxylation sites is 1. The van der Waals surface area contributed by atoms with Gasteiger partial charge in [0.2, 0.25) is 0 Å². The molecule has 0 unspecified atom stereocenters. The molecule has 0 fully saturated rings. The standard InChI is InChI=1S/C15H13F4NS/c1-10-6-7-12(16)8-11(10)9-20-13-4-2-3-5-14(13)21-15(17,18)19/h2-8,20H,9H2,1H3. The first-order valence-corrected chi connectivity index (χ1v) is 7.00. The van der Waals surface area contributed by atoms with E-state index in [1.54, 1.807) is 24.3 Å². The Morgan fingerprint density at radius 2 is 1.81 bits per heavy atom. The van der Waals surface area contributed by atoms with Crippen LogP contribution in [0.5, 0.6) is 0 Å². The first-order chi connectivity index (χ1) is 9.85. The molecule has 1 N–H and O–H groups in total. The Balaban J connectivity index is 2.15. The second kappa shape index (κ2) is 6.39. The number of nitrogens with one attached hydrogen (secondary N) is 1. The van der Waals surface area contributed by atoms with Gasteiger partial charge < -0.3 is 5.32 Å². The van der Waals surface area contributed by atoms with Crippen molar-refractivity contribution in [3.63, 3.8) is 0 Å². The van der Waals surface area contributed by atoms with Gasteiger partial charge in [0.25, 0.3) is 0 Å². The molecule has 0 aliphatic heterocycles. The number of alkyl halides is 3. The number of thioether (sulfide) groups is 1. The summed E-state index contributed by atoms with van der Waals surface area (Å²) < 4.78 is 50.7. The van der Waals surface area contributed by atoms with E-state index >= 15 is 0 Å². The molecule has 112 valence electrons. The minimum Gasteiger partial charge on any atom is -0.380 e. The normalized spacial score (nSPS) is 11.5. The van der Waals surface area contributed by atoms with Crippen molar-refractivity contribution < 1.29 is 17.6 Å². The Hall–Kier alpha value is -1.69. The molecule has 0 saturated heterocycles. The molecule has 0 heterocycles. The number of benzene rings is 2. The molecule has 0 spiro atoms. The third-order valence-corrected chi connectivity index (χ3v) is 3.70. The zero-order valence-corrected chi connectivity index (χ0v) is 12.0. The lowest BCUT2D eigenvalue weighted by molar-refractivity contribution is -0.0327. The molecule has 0 amide bonds. The van der Waals surface area contributed by atoms with Gasteiger partial charge in [-0.25, -0.2) is 4.39 Å². The second-order valence-corrected chi connectivity index (χ2v) is 5.58. The van der Waals surface area contributed by atoms with Gasteiger partial charge in [-0.1, -0.05) is 18.2 Å². The topological polar surface area (TPSA) is 12.0 Å². The molecule has 2 aromatic carbocycles. The van der Waals surface area contributed by atoms with Crippen LogP contribution in [0.1, 0.15) is 11.1 Å². The summed E-state index contributed by atoms with van der Waals surface area (Å²) in [5.74, 6) is -0.365. The van der Waals surface area contributed by atoms with Crippen LogP contribution in [0.15, 0.2) is 47.4 Å². The lowest BCUT2D eigenvalue weighted by Crippen LogP contribution is -2.05.